The molecule has 168 valence electrons. The molecule has 0 bridgehead atoms. The van der Waals surface area contributed by atoms with Gasteiger partial charge in [0.25, 0.3) is 0 Å². The van der Waals surface area contributed by atoms with Crippen LogP contribution in [-0.4, -0.2) is 57.2 Å². The number of aromatic nitrogens is 3. The Labute approximate surface area is 190 Å². The first-order valence-corrected chi connectivity index (χ1v) is 11.3. The first-order valence-electron chi connectivity index (χ1n) is 11.3. The molecule has 7 nitrogen and oxygen atoms in total. The van der Waals surface area contributed by atoms with Crippen molar-refractivity contribution in [2.45, 2.75) is 45.3 Å². The third-order valence-corrected chi connectivity index (χ3v) is 6.28. The Morgan fingerprint density at radius 3 is 2.25 bits per heavy atom. The van der Waals surface area contributed by atoms with Gasteiger partial charge in [0.2, 0.25) is 11.8 Å². The highest BCUT2D eigenvalue weighted by Gasteiger charge is 2.27. The number of likely N-dealkylation sites (tertiary alicyclic amines) is 1. The zero-order valence-electron chi connectivity index (χ0n) is 19.1. The van der Waals surface area contributed by atoms with E-state index in [0.717, 1.165) is 37.3 Å². The fourth-order valence-electron chi connectivity index (χ4n) is 4.29. The maximum Gasteiger partial charge on any atom is 0.229 e. The first kappa shape index (κ1) is 22.0. The van der Waals surface area contributed by atoms with Gasteiger partial charge in [0.15, 0.2) is 0 Å². The van der Waals surface area contributed by atoms with Crippen molar-refractivity contribution in [1.29, 1.82) is 0 Å². The highest BCUT2D eigenvalue weighted by Crippen LogP contribution is 2.27. The molecular weight excluding hydrogens is 400 g/mol. The molecule has 3 heterocycles. The van der Waals surface area contributed by atoms with Gasteiger partial charge in [0.05, 0.1) is 0 Å². The zero-order valence-corrected chi connectivity index (χ0v) is 19.1. The lowest BCUT2D eigenvalue weighted by Gasteiger charge is -2.40. The Balaban J connectivity index is 1.52. The summed E-state index contributed by atoms with van der Waals surface area (Å²) in [5.41, 5.74) is 3.40. The fraction of sp³-hybridized carbons (Fsp3) is 0.400. The quantitative estimate of drug-likeness (QED) is 0.599. The third-order valence-electron chi connectivity index (χ3n) is 6.28. The van der Waals surface area contributed by atoms with E-state index in [4.69, 9.17) is 0 Å². The SMILES string of the molecule is CC(C)N1CCC(N(Cc2ccc(N(C)c3ccncc3)cc2)c2nccc(O)n2)CC1. The number of nitrogens with zero attached hydrogens (tertiary/aromatic N) is 6. The van der Waals surface area contributed by atoms with Crippen LogP contribution in [0.15, 0.2) is 61.1 Å². The van der Waals surface area contributed by atoms with Crippen LogP contribution < -0.4 is 9.80 Å². The molecule has 1 aromatic carbocycles. The van der Waals surface area contributed by atoms with Crippen LogP contribution in [0.3, 0.4) is 0 Å². The Morgan fingerprint density at radius 1 is 0.969 bits per heavy atom. The van der Waals surface area contributed by atoms with Crippen LogP contribution in [0.2, 0.25) is 0 Å². The molecule has 0 spiro atoms. The Morgan fingerprint density at radius 2 is 1.62 bits per heavy atom. The lowest BCUT2D eigenvalue weighted by Crippen LogP contribution is -2.47. The Kier molecular flexibility index (Phi) is 6.85. The van der Waals surface area contributed by atoms with Crippen molar-refractivity contribution in [2.24, 2.45) is 0 Å². The summed E-state index contributed by atoms with van der Waals surface area (Å²) in [7, 11) is 2.06. The van der Waals surface area contributed by atoms with Crippen LogP contribution in [0.25, 0.3) is 0 Å². The van der Waals surface area contributed by atoms with Crippen LogP contribution in [0.4, 0.5) is 17.3 Å². The minimum Gasteiger partial charge on any atom is -0.493 e. The molecule has 0 radical (unpaired) electrons. The van der Waals surface area contributed by atoms with Gasteiger partial charge in [-0.15, -0.1) is 0 Å². The lowest BCUT2D eigenvalue weighted by molar-refractivity contribution is 0.169. The average Bonchev–Trinajstić information content (AvgIpc) is 2.83. The van der Waals surface area contributed by atoms with Crippen LogP contribution in [0, 0.1) is 0 Å². The summed E-state index contributed by atoms with van der Waals surface area (Å²) >= 11 is 0. The third kappa shape index (κ3) is 5.16. The molecule has 0 amide bonds. The summed E-state index contributed by atoms with van der Waals surface area (Å²) in [6.45, 7) is 7.33. The number of piperidine rings is 1. The summed E-state index contributed by atoms with van der Waals surface area (Å²) in [5, 5.41) is 9.95. The second-order valence-electron chi connectivity index (χ2n) is 8.63. The summed E-state index contributed by atoms with van der Waals surface area (Å²) < 4.78 is 0. The van der Waals surface area contributed by atoms with Gasteiger partial charge in [-0.05, 0) is 56.5 Å². The smallest absolute Gasteiger partial charge is 0.229 e. The molecule has 1 aliphatic rings. The summed E-state index contributed by atoms with van der Waals surface area (Å²) in [4.78, 5) is 19.8. The van der Waals surface area contributed by atoms with E-state index >= 15 is 0 Å². The van der Waals surface area contributed by atoms with Gasteiger partial charge < -0.3 is 19.8 Å². The predicted octanol–water partition coefficient (Wildman–Crippen LogP) is 4.22. The maximum atomic E-state index is 9.95. The first-order chi connectivity index (χ1) is 15.5. The number of hydrogen-bond acceptors (Lipinski definition) is 7. The van der Waals surface area contributed by atoms with E-state index in [1.165, 1.54) is 11.6 Å². The molecular formula is C25H32N6O. The number of hydrogen-bond donors (Lipinski definition) is 1. The van der Waals surface area contributed by atoms with Crippen molar-refractivity contribution >= 4 is 17.3 Å². The van der Waals surface area contributed by atoms with Crippen LogP contribution in [0.1, 0.15) is 32.3 Å². The number of aromatic hydroxyl groups is 1. The second-order valence-corrected chi connectivity index (χ2v) is 8.63. The van der Waals surface area contributed by atoms with Gasteiger partial charge in [-0.3, -0.25) is 4.98 Å². The topological polar surface area (TPSA) is 68.6 Å². The molecule has 0 saturated carbocycles. The molecule has 2 aromatic heterocycles. The van der Waals surface area contributed by atoms with Gasteiger partial charge in [-0.2, -0.15) is 4.98 Å². The largest absolute Gasteiger partial charge is 0.493 e. The zero-order chi connectivity index (χ0) is 22.5. The van der Waals surface area contributed by atoms with Gasteiger partial charge in [-0.1, -0.05) is 12.1 Å². The minimum absolute atomic E-state index is 0.00828. The van der Waals surface area contributed by atoms with E-state index in [9.17, 15) is 5.11 Å². The van der Waals surface area contributed by atoms with Gasteiger partial charge >= 0.3 is 0 Å². The number of pyridine rings is 1. The highest BCUT2D eigenvalue weighted by molar-refractivity contribution is 5.62. The van der Waals surface area contributed by atoms with E-state index in [2.05, 4.69) is 74.8 Å². The number of anilines is 3. The van der Waals surface area contributed by atoms with Crippen LogP contribution in [0.5, 0.6) is 5.88 Å². The monoisotopic (exact) mass is 432 g/mol. The summed E-state index contributed by atoms with van der Waals surface area (Å²) in [6.07, 6.45) is 7.34. The molecule has 1 aliphatic heterocycles. The molecule has 7 heteroatoms. The van der Waals surface area contributed by atoms with Gasteiger partial charge in [0.1, 0.15) is 0 Å². The van der Waals surface area contributed by atoms with Gasteiger partial charge in [-0.25, -0.2) is 4.98 Å². The highest BCUT2D eigenvalue weighted by atomic mass is 16.3. The van der Waals surface area contributed by atoms with E-state index in [1.807, 2.05) is 12.1 Å². The molecule has 0 aliphatic carbocycles. The normalized spacial score (nSPS) is 15.1. The lowest BCUT2D eigenvalue weighted by atomic mass is 10.0. The summed E-state index contributed by atoms with van der Waals surface area (Å²) in [6, 6.07) is 15.0. The number of rotatable bonds is 7. The standard InChI is InChI=1S/C25H32N6O/c1-19(2)30-16-11-23(12-17-30)31(25-27-15-10-24(32)28-25)18-20-4-6-21(7-5-20)29(3)22-8-13-26-14-9-22/h4-10,13-15,19,23H,11-12,16-18H2,1-3H3,(H,27,28,32). The van der Waals surface area contributed by atoms with Crippen molar-refractivity contribution in [3.63, 3.8) is 0 Å². The molecule has 0 atom stereocenters. The molecule has 1 fully saturated rings. The van der Waals surface area contributed by atoms with Crippen molar-refractivity contribution in [3.05, 3.63) is 66.6 Å². The number of benzene rings is 1. The molecule has 4 rings (SSSR count). The molecule has 0 unspecified atom stereocenters. The minimum atomic E-state index is 0.00828. The van der Waals surface area contributed by atoms with Crippen molar-refractivity contribution in [2.75, 3.05) is 29.9 Å². The molecule has 1 N–H and O–H groups in total. The predicted molar refractivity (Wildman–Crippen MR) is 128 cm³/mol. The Bertz CT molecular complexity index is 987. The van der Waals surface area contributed by atoms with Crippen molar-refractivity contribution in [1.82, 2.24) is 19.9 Å². The van der Waals surface area contributed by atoms with Crippen LogP contribution >= 0.6 is 0 Å². The van der Waals surface area contributed by atoms with E-state index < -0.39 is 0 Å². The molecule has 1 saturated heterocycles. The van der Waals surface area contributed by atoms with Crippen molar-refractivity contribution in [3.8, 4) is 5.88 Å². The Hall–Kier alpha value is -3.19. The van der Waals surface area contributed by atoms with E-state index in [0.29, 0.717) is 24.6 Å². The molecule has 3 aromatic rings. The summed E-state index contributed by atoms with van der Waals surface area (Å²) in [5.74, 6) is 0.597. The second kappa shape index (κ2) is 9.96. The van der Waals surface area contributed by atoms with E-state index in [1.54, 1.807) is 18.6 Å². The van der Waals surface area contributed by atoms with Crippen LogP contribution in [-0.2, 0) is 6.54 Å². The van der Waals surface area contributed by atoms with Gasteiger partial charge in [0, 0.05) is 74.8 Å². The van der Waals surface area contributed by atoms with E-state index in [-0.39, 0.29) is 5.88 Å². The van der Waals surface area contributed by atoms with Crippen molar-refractivity contribution < 1.29 is 5.11 Å². The fourth-order valence-corrected chi connectivity index (χ4v) is 4.29. The molecule has 32 heavy (non-hydrogen) atoms. The maximum absolute atomic E-state index is 9.95. The average molecular weight is 433 g/mol.